The van der Waals surface area contributed by atoms with Crippen LogP contribution in [0.15, 0.2) is 203 Å². The average molecular weight is 759 g/mol. The Labute approximate surface area is 341 Å². The summed E-state index contributed by atoms with van der Waals surface area (Å²) < 4.78 is 16.2. The second kappa shape index (κ2) is 13.3. The molecule has 0 amide bonds. The number of hydrogen-bond acceptors (Lipinski definition) is 3. The maximum absolute atomic E-state index is 7.27. The molecule has 0 N–H and O–H groups in total. The molecule has 4 nitrogen and oxygen atoms in total. The summed E-state index contributed by atoms with van der Waals surface area (Å²) in [5.41, 5.74) is 16.4. The van der Waals surface area contributed by atoms with Crippen LogP contribution in [0.5, 0.6) is 0 Å². The van der Waals surface area contributed by atoms with Crippen molar-refractivity contribution in [2.24, 2.45) is 0 Å². The van der Waals surface area contributed by atoms with E-state index in [1.165, 1.54) is 44.5 Å². The highest BCUT2D eigenvalue weighted by atomic mass is 16.3. The Morgan fingerprint density at radius 3 is 1.88 bits per heavy atom. The normalized spacial score (nSPS) is 13.6. The Morgan fingerprint density at radius 2 is 1.10 bits per heavy atom. The summed E-state index contributed by atoms with van der Waals surface area (Å²) >= 11 is 0. The lowest BCUT2D eigenvalue weighted by Crippen LogP contribution is -2.11. The first-order chi connectivity index (χ1) is 29.2. The fourth-order valence-electron chi connectivity index (χ4n) is 9.58. The fourth-order valence-corrected chi connectivity index (χ4v) is 9.58. The summed E-state index contributed by atoms with van der Waals surface area (Å²) in [6.45, 7) is 2.36. The van der Waals surface area contributed by atoms with Gasteiger partial charge in [-0.15, -0.1) is 0 Å². The molecule has 0 spiro atoms. The summed E-state index contributed by atoms with van der Waals surface area (Å²) in [4.78, 5) is 2.34. The minimum atomic E-state index is 0.278. The highest BCUT2D eigenvalue weighted by Crippen LogP contribution is 2.52. The zero-order chi connectivity index (χ0) is 39.0. The molecule has 12 rings (SSSR count). The van der Waals surface area contributed by atoms with Gasteiger partial charge in [0, 0.05) is 66.9 Å². The highest BCUT2D eigenvalue weighted by molar-refractivity contribution is 6.10. The average Bonchev–Trinajstić information content (AvgIpc) is 3.98. The molecule has 0 fully saturated rings. The van der Waals surface area contributed by atoms with Crippen LogP contribution < -0.4 is 4.90 Å². The molecule has 0 saturated carbocycles. The van der Waals surface area contributed by atoms with Crippen molar-refractivity contribution in [3.63, 3.8) is 0 Å². The lowest BCUT2D eigenvalue weighted by Gasteiger charge is -2.26. The van der Waals surface area contributed by atoms with Crippen molar-refractivity contribution in [1.82, 2.24) is 4.57 Å². The van der Waals surface area contributed by atoms with E-state index in [9.17, 15) is 0 Å². The number of hydrogen-bond donors (Lipinski definition) is 0. The second-order valence-corrected chi connectivity index (χ2v) is 15.7. The van der Waals surface area contributed by atoms with E-state index in [0.29, 0.717) is 0 Å². The van der Waals surface area contributed by atoms with E-state index in [2.05, 4.69) is 198 Å². The molecule has 0 saturated heterocycles. The maximum Gasteiger partial charge on any atom is 0.159 e. The third kappa shape index (κ3) is 5.23. The molecule has 0 aliphatic heterocycles. The van der Waals surface area contributed by atoms with Gasteiger partial charge in [-0.2, -0.15) is 0 Å². The third-order valence-corrected chi connectivity index (χ3v) is 12.2. The van der Waals surface area contributed by atoms with Gasteiger partial charge < -0.3 is 18.3 Å². The summed E-state index contributed by atoms with van der Waals surface area (Å²) in [5.74, 6) is 1.25. The van der Waals surface area contributed by atoms with E-state index >= 15 is 0 Å². The van der Waals surface area contributed by atoms with Crippen molar-refractivity contribution in [2.45, 2.75) is 19.3 Å². The van der Waals surface area contributed by atoms with E-state index in [1.807, 2.05) is 12.1 Å². The monoisotopic (exact) mass is 758 g/mol. The van der Waals surface area contributed by atoms with Crippen molar-refractivity contribution in [2.75, 3.05) is 4.90 Å². The molecule has 3 heterocycles. The Balaban J connectivity index is 1.04. The van der Waals surface area contributed by atoms with E-state index in [0.717, 1.165) is 73.3 Å². The zero-order valence-corrected chi connectivity index (χ0v) is 32.5. The first kappa shape index (κ1) is 33.6. The summed E-state index contributed by atoms with van der Waals surface area (Å²) in [6.07, 6.45) is 0.885. The Morgan fingerprint density at radius 1 is 0.492 bits per heavy atom. The predicted octanol–water partition coefficient (Wildman–Crippen LogP) is 15.4. The van der Waals surface area contributed by atoms with E-state index < -0.39 is 0 Å². The van der Waals surface area contributed by atoms with Crippen molar-refractivity contribution < 1.29 is 8.83 Å². The van der Waals surface area contributed by atoms with Gasteiger partial charge in [-0.3, -0.25) is 0 Å². The van der Waals surface area contributed by atoms with Gasteiger partial charge in [0.1, 0.15) is 16.9 Å². The summed E-state index contributed by atoms with van der Waals surface area (Å²) in [7, 11) is 0. The largest absolute Gasteiger partial charge is 0.455 e. The quantitative estimate of drug-likeness (QED) is 0.169. The van der Waals surface area contributed by atoms with Crippen molar-refractivity contribution in [3.05, 3.63) is 205 Å². The highest BCUT2D eigenvalue weighted by Gasteiger charge is 2.34. The van der Waals surface area contributed by atoms with E-state index in [-0.39, 0.29) is 5.92 Å². The number of fused-ring (bicyclic) bond motifs is 10. The molecule has 11 aromatic rings. The topological polar surface area (TPSA) is 34.5 Å². The lowest BCUT2D eigenvalue weighted by molar-refractivity contribution is 0.607. The molecule has 3 aromatic heterocycles. The Hall–Kier alpha value is -7.56. The smallest absolute Gasteiger partial charge is 0.159 e. The first-order valence-electron chi connectivity index (χ1n) is 20.4. The minimum Gasteiger partial charge on any atom is -0.455 e. The molecular formula is C55H38N2O2. The molecule has 1 unspecified atom stereocenters. The predicted molar refractivity (Wildman–Crippen MR) is 243 cm³/mol. The molecule has 59 heavy (non-hydrogen) atoms. The standard InChI is InChI=1S/C55H38N2O2/c1-35-34-47-45-22-13-24-49(54(45)59-55(47)51-46-19-8-10-23-48(46)57(52(35)51)39-16-6-3-7-17-39)56(40-30-26-37(27-31-40)36-14-4-2-5-15-36)41-32-28-38(29-33-41)42-20-12-21-44-43-18-9-11-25-50(43)58-53(42)44/h2-33,35H,34H2,1H3. The van der Waals surface area contributed by atoms with Gasteiger partial charge in [0.05, 0.1) is 11.2 Å². The van der Waals surface area contributed by atoms with Crippen LogP contribution in [-0.2, 0) is 6.42 Å². The summed E-state index contributed by atoms with van der Waals surface area (Å²) in [6, 6.07) is 69.1. The number of aromatic nitrogens is 1. The first-order valence-corrected chi connectivity index (χ1v) is 20.4. The van der Waals surface area contributed by atoms with Gasteiger partial charge >= 0.3 is 0 Å². The molecule has 1 aliphatic carbocycles. The van der Waals surface area contributed by atoms with Gasteiger partial charge in [-0.25, -0.2) is 0 Å². The SMILES string of the molecule is CC1Cc2c(oc3c(N(c4ccc(-c5ccccc5)cc4)c4ccc(-c5cccc6c5oc5ccccc56)cc4)cccc23)-c2c1n(-c1ccccc1)c1ccccc21. The van der Waals surface area contributed by atoms with Crippen molar-refractivity contribution in [3.8, 4) is 39.3 Å². The Kier molecular flexibility index (Phi) is 7.54. The number of furan rings is 2. The fraction of sp³-hybridized carbons (Fsp3) is 0.0545. The van der Waals surface area contributed by atoms with Gasteiger partial charge in [-0.1, -0.05) is 146 Å². The van der Waals surface area contributed by atoms with Gasteiger partial charge in [0.15, 0.2) is 5.58 Å². The number of nitrogens with zero attached hydrogens (tertiary/aromatic N) is 2. The van der Waals surface area contributed by atoms with Crippen LogP contribution in [0.4, 0.5) is 17.1 Å². The molecular weight excluding hydrogens is 721 g/mol. The molecule has 1 atom stereocenters. The van der Waals surface area contributed by atoms with Crippen LogP contribution in [0.2, 0.25) is 0 Å². The van der Waals surface area contributed by atoms with Crippen LogP contribution >= 0.6 is 0 Å². The van der Waals surface area contributed by atoms with Crippen LogP contribution in [0.25, 0.3) is 83.1 Å². The van der Waals surface area contributed by atoms with E-state index in [1.54, 1.807) is 0 Å². The van der Waals surface area contributed by atoms with Crippen LogP contribution in [0, 0.1) is 0 Å². The molecule has 4 heteroatoms. The molecule has 0 radical (unpaired) electrons. The van der Waals surface area contributed by atoms with Crippen LogP contribution in [0.3, 0.4) is 0 Å². The van der Waals surface area contributed by atoms with Crippen LogP contribution in [0.1, 0.15) is 24.1 Å². The third-order valence-electron chi connectivity index (χ3n) is 12.2. The molecule has 0 bridgehead atoms. The number of para-hydroxylation sites is 5. The molecule has 1 aliphatic rings. The van der Waals surface area contributed by atoms with Gasteiger partial charge in [0.2, 0.25) is 0 Å². The Bertz CT molecular complexity index is 3350. The second-order valence-electron chi connectivity index (χ2n) is 15.7. The number of rotatable bonds is 6. The number of anilines is 3. The van der Waals surface area contributed by atoms with Gasteiger partial charge in [0.25, 0.3) is 0 Å². The lowest BCUT2D eigenvalue weighted by atomic mass is 9.85. The maximum atomic E-state index is 7.27. The van der Waals surface area contributed by atoms with E-state index in [4.69, 9.17) is 8.83 Å². The summed E-state index contributed by atoms with van der Waals surface area (Å²) in [5, 5.41) is 4.63. The minimum absolute atomic E-state index is 0.278. The molecule has 8 aromatic carbocycles. The number of benzene rings is 8. The zero-order valence-electron chi connectivity index (χ0n) is 32.5. The molecule has 280 valence electrons. The van der Waals surface area contributed by atoms with Gasteiger partial charge in [-0.05, 0) is 77.7 Å². The van der Waals surface area contributed by atoms with Crippen molar-refractivity contribution >= 4 is 60.9 Å². The van der Waals surface area contributed by atoms with Crippen molar-refractivity contribution in [1.29, 1.82) is 0 Å². The van der Waals surface area contributed by atoms with Crippen LogP contribution in [-0.4, -0.2) is 4.57 Å².